The molecule has 1 aromatic rings. The van der Waals surface area contributed by atoms with Gasteiger partial charge in [-0.05, 0) is 43.1 Å². The van der Waals surface area contributed by atoms with Gasteiger partial charge in [0.15, 0.2) is 0 Å². The van der Waals surface area contributed by atoms with Crippen LogP contribution < -0.4 is 5.73 Å². The van der Waals surface area contributed by atoms with E-state index in [4.69, 9.17) is 5.73 Å². The summed E-state index contributed by atoms with van der Waals surface area (Å²) in [5.74, 6) is -0.308. The van der Waals surface area contributed by atoms with Crippen molar-refractivity contribution in [1.29, 1.82) is 0 Å². The SMILES string of the molecule is CCCC(CN)C(O)c1cc(F)ccc1C. The highest BCUT2D eigenvalue weighted by molar-refractivity contribution is 5.29. The lowest BCUT2D eigenvalue weighted by Gasteiger charge is -2.22. The van der Waals surface area contributed by atoms with Gasteiger partial charge >= 0.3 is 0 Å². The van der Waals surface area contributed by atoms with Gasteiger partial charge in [0.1, 0.15) is 5.82 Å². The van der Waals surface area contributed by atoms with Crippen LogP contribution in [0.25, 0.3) is 0 Å². The molecular formula is C13H20FNO. The van der Waals surface area contributed by atoms with Gasteiger partial charge in [-0.3, -0.25) is 0 Å². The van der Waals surface area contributed by atoms with Crippen molar-refractivity contribution in [2.75, 3.05) is 6.54 Å². The smallest absolute Gasteiger partial charge is 0.123 e. The molecule has 0 heterocycles. The van der Waals surface area contributed by atoms with Gasteiger partial charge in [0.25, 0.3) is 0 Å². The molecular weight excluding hydrogens is 205 g/mol. The molecule has 3 heteroatoms. The van der Waals surface area contributed by atoms with Crippen LogP contribution in [0.3, 0.4) is 0 Å². The number of aliphatic hydroxyl groups excluding tert-OH is 1. The van der Waals surface area contributed by atoms with Crippen LogP contribution in [0.2, 0.25) is 0 Å². The second-order valence-corrected chi connectivity index (χ2v) is 4.23. The zero-order valence-electron chi connectivity index (χ0n) is 9.91. The summed E-state index contributed by atoms with van der Waals surface area (Å²) < 4.78 is 13.1. The number of nitrogens with two attached hydrogens (primary N) is 1. The molecule has 16 heavy (non-hydrogen) atoms. The monoisotopic (exact) mass is 225 g/mol. The second-order valence-electron chi connectivity index (χ2n) is 4.23. The fourth-order valence-electron chi connectivity index (χ4n) is 1.96. The molecule has 2 unspecified atom stereocenters. The van der Waals surface area contributed by atoms with Gasteiger partial charge < -0.3 is 10.8 Å². The van der Waals surface area contributed by atoms with Crippen molar-refractivity contribution in [2.45, 2.75) is 32.8 Å². The van der Waals surface area contributed by atoms with E-state index in [9.17, 15) is 9.50 Å². The van der Waals surface area contributed by atoms with Gasteiger partial charge in [0, 0.05) is 5.92 Å². The first-order valence-electron chi connectivity index (χ1n) is 5.74. The Hall–Kier alpha value is -0.930. The average molecular weight is 225 g/mol. The predicted octanol–water partition coefficient (Wildman–Crippen LogP) is 2.54. The number of aryl methyl sites for hydroxylation is 1. The highest BCUT2D eigenvalue weighted by atomic mass is 19.1. The maximum Gasteiger partial charge on any atom is 0.123 e. The van der Waals surface area contributed by atoms with Crippen LogP contribution in [0.4, 0.5) is 4.39 Å². The van der Waals surface area contributed by atoms with Crippen LogP contribution in [0.15, 0.2) is 18.2 Å². The maximum atomic E-state index is 13.1. The first-order chi connectivity index (χ1) is 7.60. The number of halogens is 1. The van der Waals surface area contributed by atoms with Crippen molar-refractivity contribution in [3.63, 3.8) is 0 Å². The molecule has 0 aliphatic rings. The Balaban J connectivity index is 2.93. The highest BCUT2D eigenvalue weighted by Crippen LogP contribution is 2.27. The molecule has 0 aromatic heterocycles. The van der Waals surface area contributed by atoms with E-state index in [0.29, 0.717) is 12.1 Å². The summed E-state index contributed by atoms with van der Waals surface area (Å²) in [6.07, 6.45) is 1.15. The summed E-state index contributed by atoms with van der Waals surface area (Å²) in [4.78, 5) is 0. The quantitative estimate of drug-likeness (QED) is 0.809. The Morgan fingerprint density at radius 2 is 2.12 bits per heavy atom. The van der Waals surface area contributed by atoms with Gasteiger partial charge in [0.2, 0.25) is 0 Å². The fraction of sp³-hybridized carbons (Fsp3) is 0.538. The standard InChI is InChI=1S/C13H20FNO/c1-3-4-10(8-15)13(16)12-7-11(14)6-5-9(12)2/h5-7,10,13,16H,3-4,8,15H2,1-2H3. The summed E-state index contributed by atoms with van der Waals surface area (Å²) in [6, 6.07) is 4.49. The van der Waals surface area contributed by atoms with E-state index < -0.39 is 6.10 Å². The van der Waals surface area contributed by atoms with Crippen molar-refractivity contribution in [2.24, 2.45) is 11.7 Å². The molecule has 1 aromatic carbocycles. The Labute approximate surface area is 96.3 Å². The van der Waals surface area contributed by atoms with E-state index in [0.717, 1.165) is 18.4 Å². The van der Waals surface area contributed by atoms with Crippen LogP contribution in [-0.2, 0) is 0 Å². The summed E-state index contributed by atoms with van der Waals surface area (Å²) in [6.45, 7) is 4.34. The first kappa shape index (κ1) is 13.1. The van der Waals surface area contributed by atoms with E-state index in [2.05, 4.69) is 0 Å². The molecule has 2 nitrogen and oxygen atoms in total. The molecule has 0 fully saturated rings. The van der Waals surface area contributed by atoms with Crippen LogP contribution in [0.5, 0.6) is 0 Å². The maximum absolute atomic E-state index is 13.1. The molecule has 0 aliphatic carbocycles. The number of benzene rings is 1. The highest BCUT2D eigenvalue weighted by Gasteiger charge is 2.20. The normalized spacial score (nSPS) is 14.8. The van der Waals surface area contributed by atoms with Gasteiger partial charge in [-0.2, -0.15) is 0 Å². The third kappa shape index (κ3) is 3.03. The minimum Gasteiger partial charge on any atom is -0.388 e. The van der Waals surface area contributed by atoms with Gasteiger partial charge in [-0.15, -0.1) is 0 Å². The van der Waals surface area contributed by atoms with Crippen LogP contribution in [0.1, 0.15) is 37.0 Å². The third-order valence-electron chi connectivity index (χ3n) is 2.97. The molecule has 1 rings (SSSR count). The fourth-order valence-corrected chi connectivity index (χ4v) is 1.96. The molecule has 3 N–H and O–H groups in total. The molecule has 0 amide bonds. The number of hydrogen-bond donors (Lipinski definition) is 2. The lowest BCUT2D eigenvalue weighted by molar-refractivity contribution is 0.106. The average Bonchev–Trinajstić information content (AvgIpc) is 2.28. The molecule has 0 radical (unpaired) electrons. The summed E-state index contributed by atoms with van der Waals surface area (Å²) in [7, 11) is 0. The van der Waals surface area contributed by atoms with Crippen LogP contribution in [-0.4, -0.2) is 11.7 Å². The van der Waals surface area contributed by atoms with Crippen molar-refractivity contribution >= 4 is 0 Å². The molecule has 2 atom stereocenters. The Morgan fingerprint density at radius 1 is 1.44 bits per heavy atom. The predicted molar refractivity (Wildman–Crippen MR) is 63.5 cm³/mol. The minimum atomic E-state index is -0.666. The topological polar surface area (TPSA) is 46.2 Å². The van der Waals surface area contributed by atoms with Gasteiger partial charge in [-0.1, -0.05) is 19.4 Å². The molecule has 0 aliphatic heterocycles. The zero-order chi connectivity index (χ0) is 12.1. The molecule has 0 saturated heterocycles. The molecule has 0 bridgehead atoms. The van der Waals surface area contributed by atoms with Crippen molar-refractivity contribution in [1.82, 2.24) is 0 Å². The molecule has 90 valence electrons. The number of rotatable bonds is 5. The molecule has 0 spiro atoms. The van der Waals surface area contributed by atoms with E-state index >= 15 is 0 Å². The lowest BCUT2D eigenvalue weighted by Crippen LogP contribution is -2.22. The van der Waals surface area contributed by atoms with Crippen molar-refractivity contribution in [3.8, 4) is 0 Å². The van der Waals surface area contributed by atoms with Crippen molar-refractivity contribution in [3.05, 3.63) is 35.1 Å². The van der Waals surface area contributed by atoms with Crippen LogP contribution in [0, 0.1) is 18.7 Å². The zero-order valence-corrected chi connectivity index (χ0v) is 9.91. The molecule has 0 saturated carbocycles. The Kier molecular flexibility index (Phi) is 4.90. The number of aliphatic hydroxyl groups is 1. The summed E-state index contributed by atoms with van der Waals surface area (Å²) in [5, 5.41) is 10.2. The third-order valence-corrected chi connectivity index (χ3v) is 2.97. The minimum absolute atomic E-state index is 0.00509. The first-order valence-corrected chi connectivity index (χ1v) is 5.74. The largest absolute Gasteiger partial charge is 0.388 e. The summed E-state index contributed by atoms with van der Waals surface area (Å²) >= 11 is 0. The van der Waals surface area contributed by atoms with Crippen molar-refractivity contribution < 1.29 is 9.50 Å². The lowest BCUT2D eigenvalue weighted by atomic mass is 9.90. The van der Waals surface area contributed by atoms with E-state index in [1.807, 2.05) is 13.8 Å². The second kappa shape index (κ2) is 5.97. The van der Waals surface area contributed by atoms with Gasteiger partial charge in [0.05, 0.1) is 6.10 Å². The van der Waals surface area contributed by atoms with E-state index in [1.165, 1.54) is 12.1 Å². The Bertz CT molecular complexity index is 341. The Morgan fingerprint density at radius 3 is 2.69 bits per heavy atom. The summed E-state index contributed by atoms with van der Waals surface area (Å²) in [5.41, 5.74) is 7.19. The van der Waals surface area contributed by atoms with E-state index in [1.54, 1.807) is 6.07 Å². The van der Waals surface area contributed by atoms with Crippen LogP contribution >= 0.6 is 0 Å². The number of hydrogen-bond acceptors (Lipinski definition) is 2. The van der Waals surface area contributed by atoms with E-state index in [-0.39, 0.29) is 11.7 Å². The van der Waals surface area contributed by atoms with Gasteiger partial charge in [-0.25, -0.2) is 4.39 Å².